The molecule has 4 rings (SSSR count). The van der Waals surface area contributed by atoms with Crippen molar-refractivity contribution in [1.82, 2.24) is 15.0 Å². The first-order chi connectivity index (χ1) is 16.3. The Kier molecular flexibility index (Phi) is 7.12. The predicted molar refractivity (Wildman–Crippen MR) is 136 cm³/mol. The number of ketones is 1. The molecule has 0 fully saturated rings. The minimum atomic E-state index is -0.714. The molecule has 2 heterocycles. The highest BCUT2D eigenvalue weighted by Crippen LogP contribution is 2.37. The molecule has 0 saturated carbocycles. The Balaban J connectivity index is 1.47. The van der Waals surface area contributed by atoms with Gasteiger partial charge in [-0.1, -0.05) is 32.9 Å². The minimum Gasteiger partial charge on any atom is -0.310 e. The number of aromatic nitrogens is 3. The van der Waals surface area contributed by atoms with Gasteiger partial charge in [-0.2, -0.15) is 0 Å². The maximum Gasteiger partial charge on any atom is 0.229 e. The van der Waals surface area contributed by atoms with Crippen molar-refractivity contribution in [3.8, 4) is 0 Å². The lowest BCUT2D eigenvalue weighted by Gasteiger charge is -2.32. The maximum absolute atomic E-state index is 13.5. The van der Waals surface area contributed by atoms with Gasteiger partial charge in [0, 0.05) is 22.6 Å². The molecule has 7 heteroatoms. The number of nitrogens with one attached hydrogen (secondary N) is 1. The number of rotatable bonds is 7. The molecule has 0 spiro atoms. The number of amides is 1. The average molecular weight is 475 g/mol. The van der Waals surface area contributed by atoms with Crippen molar-refractivity contribution in [3.63, 3.8) is 0 Å². The molecule has 176 valence electrons. The number of Topliss-reactive ketones (excluding diaryl/α,β-unsaturated/α-hetero) is 1. The molecule has 1 atom stereocenters. The van der Waals surface area contributed by atoms with Crippen LogP contribution in [0.4, 0.5) is 5.82 Å². The topological polar surface area (TPSA) is 84.8 Å². The van der Waals surface area contributed by atoms with Gasteiger partial charge in [-0.15, -0.1) is 11.8 Å². The van der Waals surface area contributed by atoms with Crippen LogP contribution >= 0.6 is 11.8 Å². The summed E-state index contributed by atoms with van der Waals surface area (Å²) in [5, 5.41) is 2.88. The molecule has 1 aromatic carbocycles. The molecule has 2 aromatic heterocycles. The maximum atomic E-state index is 13.5. The fourth-order valence-corrected chi connectivity index (χ4v) is 4.86. The van der Waals surface area contributed by atoms with Crippen LogP contribution in [0.5, 0.6) is 0 Å². The van der Waals surface area contributed by atoms with E-state index in [2.05, 4.69) is 22.2 Å². The van der Waals surface area contributed by atoms with Crippen LogP contribution in [0.3, 0.4) is 0 Å². The molecule has 0 radical (unpaired) electrons. The summed E-state index contributed by atoms with van der Waals surface area (Å²) in [6, 6.07) is 13.4. The van der Waals surface area contributed by atoms with E-state index in [0.717, 1.165) is 28.5 Å². The fourth-order valence-electron chi connectivity index (χ4n) is 4.19. The molecule has 0 aliphatic heterocycles. The Morgan fingerprint density at radius 2 is 1.88 bits per heavy atom. The van der Waals surface area contributed by atoms with E-state index in [0.29, 0.717) is 24.2 Å². The van der Waals surface area contributed by atoms with Gasteiger partial charge in [0.1, 0.15) is 11.6 Å². The number of carbonyl (C=O) groups is 2. The molecular formula is C27H30N4O2S. The summed E-state index contributed by atoms with van der Waals surface area (Å²) in [4.78, 5) is 40.9. The lowest BCUT2D eigenvalue weighted by molar-refractivity contribution is -0.115. The van der Waals surface area contributed by atoms with Crippen molar-refractivity contribution in [2.24, 2.45) is 0 Å². The van der Waals surface area contributed by atoms with Crippen molar-refractivity contribution in [2.45, 2.75) is 63.2 Å². The molecule has 1 amide bonds. The fraction of sp³-hybridized carbons (Fsp3) is 0.370. The molecular weight excluding hydrogens is 444 g/mol. The lowest BCUT2D eigenvalue weighted by Crippen LogP contribution is -2.39. The number of fused-ring (bicyclic) bond motifs is 1. The SMILES string of the molecule is CCSc1ccc(CC(=O)Nc2ccc3c(n2)CCC(C)(c2ccnc(C(C)C)n2)C3=O)cc1. The first-order valence-corrected chi connectivity index (χ1v) is 12.7. The number of hydrogen-bond donors (Lipinski definition) is 1. The highest BCUT2D eigenvalue weighted by atomic mass is 32.2. The van der Waals surface area contributed by atoms with E-state index in [4.69, 9.17) is 4.98 Å². The van der Waals surface area contributed by atoms with Crippen LogP contribution in [0.2, 0.25) is 0 Å². The Morgan fingerprint density at radius 1 is 1.12 bits per heavy atom. The number of anilines is 1. The molecule has 0 bridgehead atoms. The number of carbonyl (C=O) groups excluding carboxylic acids is 2. The van der Waals surface area contributed by atoms with Crippen LogP contribution in [0.25, 0.3) is 0 Å². The highest BCUT2D eigenvalue weighted by molar-refractivity contribution is 7.99. The first kappa shape index (κ1) is 24.1. The number of benzene rings is 1. The van der Waals surface area contributed by atoms with Crippen molar-refractivity contribution >= 4 is 29.3 Å². The van der Waals surface area contributed by atoms with E-state index >= 15 is 0 Å². The summed E-state index contributed by atoms with van der Waals surface area (Å²) in [7, 11) is 0. The third-order valence-electron chi connectivity index (χ3n) is 6.20. The molecule has 6 nitrogen and oxygen atoms in total. The molecule has 34 heavy (non-hydrogen) atoms. The Labute approximate surface area is 205 Å². The van der Waals surface area contributed by atoms with Gasteiger partial charge in [0.2, 0.25) is 5.91 Å². The van der Waals surface area contributed by atoms with E-state index < -0.39 is 5.41 Å². The first-order valence-electron chi connectivity index (χ1n) is 11.7. The molecule has 1 aliphatic carbocycles. The van der Waals surface area contributed by atoms with Crippen LogP contribution in [0, 0.1) is 0 Å². The van der Waals surface area contributed by atoms with Crippen molar-refractivity contribution in [3.05, 3.63) is 77.0 Å². The van der Waals surface area contributed by atoms with E-state index in [1.807, 2.05) is 51.1 Å². The van der Waals surface area contributed by atoms with E-state index in [1.54, 1.807) is 30.1 Å². The van der Waals surface area contributed by atoms with Crippen LogP contribution in [-0.2, 0) is 23.1 Å². The summed E-state index contributed by atoms with van der Waals surface area (Å²) in [6.07, 6.45) is 3.26. The number of aryl methyl sites for hydroxylation is 1. The van der Waals surface area contributed by atoms with Gasteiger partial charge in [0.05, 0.1) is 23.2 Å². The van der Waals surface area contributed by atoms with Gasteiger partial charge in [0.15, 0.2) is 5.78 Å². The van der Waals surface area contributed by atoms with Crippen molar-refractivity contribution in [1.29, 1.82) is 0 Å². The van der Waals surface area contributed by atoms with Crippen molar-refractivity contribution < 1.29 is 9.59 Å². The summed E-state index contributed by atoms with van der Waals surface area (Å²) in [5.74, 6) is 2.31. The number of thioether (sulfide) groups is 1. The van der Waals surface area contributed by atoms with E-state index in [9.17, 15) is 9.59 Å². The molecule has 1 N–H and O–H groups in total. The Bertz CT molecular complexity index is 1210. The Morgan fingerprint density at radius 3 is 2.59 bits per heavy atom. The largest absolute Gasteiger partial charge is 0.310 e. The van der Waals surface area contributed by atoms with Crippen LogP contribution in [0.15, 0.2) is 53.6 Å². The zero-order valence-electron chi connectivity index (χ0n) is 20.1. The zero-order valence-corrected chi connectivity index (χ0v) is 20.9. The van der Waals surface area contributed by atoms with Gasteiger partial charge >= 0.3 is 0 Å². The normalized spacial score (nSPS) is 17.5. The molecule has 3 aromatic rings. The highest BCUT2D eigenvalue weighted by Gasteiger charge is 2.42. The van der Waals surface area contributed by atoms with Crippen LogP contribution in [0.1, 0.15) is 73.2 Å². The lowest BCUT2D eigenvalue weighted by atomic mass is 9.71. The monoisotopic (exact) mass is 474 g/mol. The third-order valence-corrected chi connectivity index (χ3v) is 7.10. The standard InChI is InChI=1S/C27H30N4O2S/c1-5-34-19-8-6-18(7-9-19)16-24(32)31-23-11-10-20-21(29-23)12-14-27(4,25(20)33)22-13-15-28-26(30-22)17(2)3/h6-11,13,15,17H,5,12,14,16H2,1-4H3,(H,29,31,32). The van der Waals surface area contributed by atoms with E-state index in [-0.39, 0.29) is 24.0 Å². The zero-order chi connectivity index (χ0) is 24.3. The second kappa shape index (κ2) is 10.1. The summed E-state index contributed by atoms with van der Waals surface area (Å²) >= 11 is 1.77. The van der Waals surface area contributed by atoms with E-state index in [1.165, 1.54) is 4.90 Å². The van der Waals surface area contributed by atoms with Crippen LogP contribution < -0.4 is 5.32 Å². The van der Waals surface area contributed by atoms with Gasteiger partial charge in [-0.05, 0) is 61.4 Å². The number of nitrogens with zero attached hydrogens (tertiary/aromatic N) is 3. The quantitative estimate of drug-likeness (QED) is 0.463. The summed E-state index contributed by atoms with van der Waals surface area (Å²) < 4.78 is 0. The smallest absolute Gasteiger partial charge is 0.229 e. The van der Waals surface area contributed by atoms with Gasteiger partial charge in [-0.25, -0.2) is 15.0 Å². The molecule has 1 aliphatic rings. The third kappa shape index (κ3) is 5.04. The second-order valence-electron chi connectivity index (χ2n) is 9.11. The average Bonchev–Trinajstić information content (AvgIpc) is 2.83. The number of hydrogen-bond acceptors (Lipinski definition) is 6. The van der Waals surface area contributed by atoms with Gasteiger partial charge < -0.3 is 5.32 Å². The van der Waals surface area contributed by atoms with Crippen LogP contribution in [-0.4, -0.2) is 32.4 Å². The Hall–Kier alpha value is -3.06. The van der Waals surface area contributed by atoms with Crippen molar-refractivity contribution in [2.75, 3.05) is 11.1 Å². The summed E-state index contributed by atoms with van der Waals surface area (Å²) in [6.45, 7) is 8.15. The molecule has 1 unspecified atom stereocenters. The minimum absolute atomic E-state index is 0.0116. The van der Waals surface area contributed by atoms with Gasteiger partial charge in [0.25, 0.3) is 0 Å². The van der Waals surface area contributed by atoms with Gasteiger partial charge in [-0.3, -0.25) is 9.59 Å². The number of pyridine rings is 1. The predicted octanol–water partition coefficient (Wildman–Crippen LogP) is 5.38. The molecule has 0 saturated heterocycles. The second-order valence-corrected chi connectivity index (χ2v) is 10.4. The summed E-state index contributed by atoms with van der Waals surface area (Å²) in [5.41, 5.74) is 2.31.